The second kappa shape index (κ2) is 7.87. The second-order valence-electron chi connectivity index (χ2n) is 6.88. The Morgan fingerprint density at radius 3 is 2.26 bits per heavy atom. The van der Waals surface area contributed by atoms with Crippen LogP contribution in [0.25, 0.3) is 0 Å². The van der Waals surface area contributed by atoms with E-state index in [1.54, 1.807) is 24.3 Å². The van der Waals surface area contributed by atoms with Crippen molar-refractivity contribution < 1.29 is 18.0 Å². The van der Waals surface area contributed by atoms with Crippen molar-refractivity contribution in [3.8, 4) is 11.8 Å². The third-order valence-corrected chi connectivity index (χ3v) is 4.74. The van der Waals surface area contributed by atoms with Crippen LogP contribution in [-0.2, 0) is 6.18 Å². The number of hydrogen-bond donors (Lipinski definition) is 0. The number of alkyl halides is 3. The van der Waals surface area contributed by atoms with E-state index < -0.39 is 11.7 Å². The number of carbonyl (C=O) groups excluding carboxylic acids is 1. The fourth-order valence-corrected chi connectivity index (χ4v) is 3.01. The summed E-state index contributed by atoms with van der Waals surface area (Å²) in [6.07, 6.45) is -2.34. The van der Waals surface area contributed by atoms with Crippen LogP contribution >= 0.6 is 0 Å². The largest absolute Gasteiger partial charge is 0.416 e. The van der Waals surface area contributed by atoms with Gasteiger partial charge in [0.25, 0.3) is 5.91 Å². The van der Waals surface area contributed by atoms with Crippen molar-refractivity contribution in [2.24, 2.45) is 5.92 Å². The SMILES string of the molecule is CC1CCN(C(=O)c2ccc(C#Cc3cccc(C(F)(F)F)c3)cc2)CC1. The molecule has 2 aromatic carbocycles. The topological polar surface area (TPSA) is 20.3 Å². The Labute approximate surface area is 157 Å². The van der Waals surface area contributed by atoms with Gasteiger partial charge in [-0.3, -0.25) is 4.79 Å². The third-order valence-electron chi connectivity index (χ3n) is 4.74. The molecule has 0 atom stereocenters. The van der Waals surface area contributed by atoms with Crippen LogP contribution in [0.5, 0.6) is 0 Å². The van der Waals surface area contributed by atoms with Crippen LogP contribution in [0.4, 0.5) is 13.2 Å². The Kier molecular flexibility index (Phi) is 5.55. The number of benzene rings is 2. The predicted molar refractivity (Wildman–Crippen MR) is 98.2 cm³/mol. The van der Waals surface area contributed by atoms with Gasteiger partial charge in [0.15, 0.2) is 0 Å². The van der Waals surface area contributed by atoms with Crippen molar-refractivity contribution >= 4 is 5.91 Å². The minimum atomic E-state index is -4.38. The first-order valence-electron chi connectivity index (χ1n) is 8.91. The number of hydrogen-bond acceptors (Lipinski definition) is 1. The quantitative estimate of drug-likeness (QED) is 0.648. The van der Waals surface area contributed by atoms with Crippen LogP contribution < -0.4 is 0 Å². The maximum Gasteiger partial charge on any atom is 0.416 e. The molecule has 5 heteroatoms. The molecule has 1 fully saturated rings. The molecule has 1 aliphatic heterocycles. The maximum atomic E-state index is 12.7. The van der Waals surface area contributed by atoms with Gasteiger partial charge in [0, 0.05) is 29.8 Å². The van der Waals surface area contributed by atoms with Crippen LogP contribution in [0.1, 0.15) is 46.8 Å². The first kappa shape index (κ1) is 19.0. The second-order valence-corrected chi connectivity index (χ2v) is 6.88. The lowest BCUT2D eigenvalue weighted by atomic mass is 9.98. The Morgan fingerprint density at radius 1 is 1.00 bits per heavy atom. The number of nitrogens with zero attached hydrogens (tertiary/aromatic N) is 1. The number of carbonyl (C=O) groups is 1. The Bertz CT molecular complexity index is 867. The highest BCUT2D eigenvalue weighted by Gasteiger charge is 2.30. The molecule has 0 aliphatic carbocycles. The summed E-state index contributed by atoms with van der Waals surface area (Å²) in [6, 6.07) is 11.8. The van der Waals surface area contributed by atoms with E-state index in [1.165, 1.54) is 12.1 Å². The van der Waals surface area contributed by atoms with E-state index >= 15 is 0 Å². The smallest absolute Gasteiger partial charge is 0.339 e. The van der Waals surface area contributed by atoms with Crippen LogP contribution in [0, 0.1) is 17.8 Å². The van der Waals surface area contributed by atoms with Gasteiger partial charge >= 0.3 is 6.18 Å². The van der Waals surface area contributed by atoms with Crippen molar-refractivity contribution in [3.63, 3.8) is 0 Å². The Morgan fingerprint density at radius 2 is 1.63 bits per heavy atom. The minimum absolute atomic E-state index is 0.0132. The van der Waals surface area contributed by atoms with Crippen molar-refractivity contribution in [1.82, 2.24) is 4.90 Å². The van der Waals surface area contributed by atoms with Crippen LogP contribution in [0.3, 0.4) is 0 Å². The molecule has 0 saturated carbocycles. The van der Waals surface area contributed by atoms with Crippen LogP contribution in [0.2, 0.25) is 0 Å². The van der Waals surface area contributed by atoms with Crippen molar-refractivity contribution in [2.45, 2.75) is 25.9 Å². The fourth-order valence-electron chi connectivity index (χ4n) is 3.01. The van der Waals surface area contributed by atoms with Crippen molar-refractivity contribution in [1.29, 1.82) is 0 Å². The molecule has 2 nitrogen and oxygen atoms in total. The van der Waals surface area contributed by atoms with E-state index in [0.29, 0.717) is 22.6 Å². The standard InChI is InChI=1S/C22H20F3NO/c1-16-11-13-26(14-12-16)21(27)19-9-7-17(8-10-19)5-6-18-3-2-4-20(15-18)22(23,24)25/h2-4,7-10,15-16H,11-14H2,1H3. The monoisotopic (exact) mass is 371 g/mol. The lowest BCUT2D eigenvalue weighted by Crippen LogP contribution is -2.37. The van der Waals surface area contributed by atoms with Crippen LogP contribution in [-0.4, -0.2) is 23.9 Å². The lowest BCUT2D eigenvalue weighted by molar-refractivity contribution is -0.137. The maximum absolute atomic E-state index is 12.7. The van der Waals surface area contributed by atoms with Gasteiger partial charge in [-0.25, -0.2) is 0 Å². The summed E-state index contributed by atoms with van der Waals surface area (Å²) >= 11 is 0. The molecule has 27 heavy (non-hydrogen) atoms. The molecule has 0 N–H and O–H groups in total. The van der Waals surface area contributed by atoms with Gasteiger partial charge in [-0.1, -0.05) is 24.8 Å². The van der Waals surface area contributed by atoms with Gasteiger partial charge in [0.1, 0.15) is 0 Å². The number of likely N-dealkylation sites (tertiary alicyclic amines) is 1. The van der Waals surface area contributed by atoms with Crippen molar-refractivity contribution in [3.05, 3.63) is 70.8 Å². The molecule has 0 aromatic heterocycles. The summed E-state index contributed by atoms with van der Waals surface area (Å²) in [4.78, 5) is 14.4. The number of amides is 1. The number of rotatable bonds is 1. The van der Waals surface area contributed by atoms with Gasteiger partial charge in [0.2, 0.25) is 0 Å². The van der Waals surface area contributed by atoms with Gasteiger partial charge in [-0.2, -0.15) is 13.2 Å². The first-order chi connectivity index (χ1) is 12.8. The van der Waals surface area contributed by atoms with E-state index in [9.17, 15) is 18.0 Å². The molecule has 0 spiro atoms. The molecule has 3 rings (SSSR count). The summed E-state index contributed by atoms with van der Waals surface area (Å²) in [6.45, 7) is 3.74. The summed E-state index contributed by atoms with van der Waals surface area (Å²) in [5.41, 5.74) is 0.837. The highest BCUT2D eigenvalue weighted by molar-refractivity contribution is 5.94. The summed E-state index contributed by atoms with van der Waals surface area (Å²) < 4.78 is 38.2. The molecule has 1 heterocycles. The highest BCUT2D eigenvalue weighted by atomic mass is 19.4. The average Bonchev–Trinajstić information content (AvgIpc) is 2.66. The molecule has 0 bridgehead atoms. The fraction of sp³-hybridized carbons (Fsp3) is 0.318. The molecule has 1 aliphatic rings. The van der Waals surface area contributed by atoms with E-state index in [-0.39, 0.29) is 5.91 Å². The molecular weight excluding hydrogens is 351 g/mol. The molecule has 2 aromatic rings. The Hall–Kier alpha value is -2.74. The minimum Gasteiger partial charge on any atom is -0.339 e. The van der Waals surface area contributed by atoms with Gasteiger partial charge in [-0.15, -0.1) is 0 Å². The van der Waals surface area contributed by atoms with E-state index in [2.05, 4.69) is 18.8 Å². The normalized spacial score (nSPS) is 15.2. The molecular formula is C22H20F3NO. The molecule has 140 valence electrons. The van der Waals surface area contributed by atoms with E-state index in [0.717, 1.165) is 38.1 Å². The molecule has 1 saturated heterocycles. The summed E-state index contributed by atoms with van der Waals surface area (Å²) in [5.74, 6) is 6.26. The Balaban J connectivity index is 1.70. The van der Waals surface area contributed by atoms with Gasteiger partial charge in [-0.05, 0) is 61.2 Å². The number of piperidine rings is 1. The predicted octanol–water partition coefficient (Wildman–Crippen LogP) is 4.98. The van der Waals surface area contributed by atoms with Gasteiger partial charge < -0.3 is 4.90 Å². The highest BCUT2D eigenvalue weighted by Crippen LogP contribution is 2.29. The zero-order chi connectivity index (χ0) is 19.4. The summed E-state index contributed by atoms with van der Waals surface area (Å²) in [7, 11) is 0. The van der Waals surface area contributed by atoms with Gasteiger partial charge in [0.05, 0.1) is 5.56 Å². The average molecular weight is 371 g/mol. The molecule has 0 unspecified atom stereocenters. The number of halogens is 3. The molecule has 0 radical (unpaired) electrons. The molecule has 1 amide bonds. The van der Waals surface area contributed by atoms with Crippen LogP contribution in [0.15, 0.2) is 48.5 Å². The lowest BCUT2D eigenvalue weighted by Gasteiger charge is -2.30. The van der Waals surface area contributed by atoms with Crippen molar-refractivity contribution in [2.75, 3.05) is 13.1 Å². The zero-order valence-electron chi connectivity index (χ0n) is 15.0. The van der Waals surface area contributed by atoms with E-state index in [1.807, 2.05) is 4.90 Å². The van der Waals surface area contributed by atoms with E-state index in [4.69, 9.17) is 0 Å². The first-order valence-corrected chi connectivity index (χ1v) is 8.91. The summed E-state index contributed by atoms with van der Waals surface area (Å²) in [5, 5.41) is 0. The third kappa shape index (κ3) is 4.91. The zero-order valence-corrected chi connectivity index (χ0v) is 15.0.